The van der Waals surface area contributed by atoms with Crippen LogP contribution in [0, 0.1) is 6.92 Å². The Morgan fingerprint density at radius 3 is 2.83 bits per heavy atom. The lowest BCUT2D eigenvalue weighted by molar-refractivity contribution is 0.412. The van der Waals surface area contributed by atoms with Crippen LogP contribution >= 0.6 is 0 Å². The summed E-state index contributed by atoms with van der Waals surface area (Å²) in [5.74, 6) is 0.842. The molecule has 1 rings (SSSR count). The second-order valence-corrected chi connectivity index (χ2v) is 2.64. The largest absolute Gasteiger partial charge is 0.496 e. The van der Waals surface area contributed by atoms with Crippen molar-refractivity contribution in [2.75, 3.05) is 7.11 Å². The lowest BCUT2D eigenvalue weighted by Gasteiger charge is -2.05. The summed E-state index contributed by atoms with van der Waals surface area (Å²) in [6, 6.07) is 5.98. The van der Waals surface area contributed by atoms with Crippen molar-refractivity contribution in [2.45, 2.75) is 6.42 Å². The van der Waals surface area contributed by atoms with Gasteiger partial charge in [-0.2, -0.15) is 0 Å². The molecular formula is C11H13O. The van der Waals surface area contributed by atoms with Gasteiger partial charge < -0.3 is 4.74 Å². The summed E-state index contributed by atoms with van der Waals surface area (Å²) in [6.07, 6.45) is 2.74. The zero-order chi connectivity index (χ0) is 8.97. The van der Waals surface area contributed by atoms with E-state index in [4.69, 9.17) is 4.74 Å². The van der Waals surface area contributed by atoms with E-state index in [-0.39, 0.29) is 0 Å². The molecule has 0 saturated carbocycles. The molecule has 1 nitrogen and oxygen atoms in total. The lowest BCUT2D eigenvalue weighted by Crippen LogP contribution is -1.89. The van der Waals surface area contributed by atoms with Crippen molar-refractivity contribution < 1.29 is 4.74 Å². The Kier molecular flexibility index (Phi) is 2.92. The molecule has 0 unspecified atom stereocenters. The molecule has 0 aliphatic heterocycles. The van der Waals surface area contributed by atoms with E-state index in [9.17, 15) is 0 Å². The fourth-order valence-electron chi connectivity index (χ4n) is 1.08. The lowest BCUT2D eigenvalue weighted by atomic mass is 10.1. The van der Waals surface area contributed by atoms with E-state index in [2.05, 4.69) is 13.5 Å². The summed E-state index contributed by atoms with van der Waals surface area (Å²) < 4.78 is 5.14. The number of rotatable bonds is 3. The average Bonchev–Trinajstić information content (AvgIpc) is 2.09. The Hall–Kier alpha value is -1.24. The second kappa shape index (κ2) is 3.96. The number of hydrogen-bond acceptors (Lipinski definition) is 1. The smallest absolute Gasteiger partial charge is 0.122 e. The number of benzene rings is 1. The van der Waals surface area contributed by atoms with Gasteiger partial charge in [-0.1, -0.05) is 18.2 Å². The van der Waals surface area contributed by atoms with E-state index in [1.165, 1.54) is 5.56 Å². The SMILES string of the molecule is [CH2]c1ccc(CC=C)cc1OC. The molecule has 1 aromatic carbocycles. The summed E-state index contributed by atoms with van der Waals surface area (Å²) in [4.78, 5) is 0. The standard InChI is InChI=1S/C11H13O/c1-4-5-10-7-6-9(2)11(8-10)12-3/h4,6-8H,1-2,5H2,3H3. The van der Waals surface area contributed by atoms with Gasteiger partial charge >= 0.3 is 0 Å². The van der Waals surface area contributed by atoms with Gasteiger partial charge in [0.2, 0.25) is 0 Å². The van der Waals surface area contributed by atoms with Crippen LogP contribution in [0.3, 0.4) is 0 Å². The molecule has 0 aliphatic carbocycles. The number of hydrogen-bond donors (Lipinski definition) is 0. The first kappa shape index (κ1) is 8.85. The van der Waals surface area contributed by atoms with Crippen molar-refractivity contribution in [2.24, 2.45) is 0 Å². The highest BCUT2D eigenvalue weighted by Gasteiger charge is 1.97. The predicted molar refractivity (Wildman–Crippen MR) is 51.4 cm³/mol. The third kappa shape index (κ3) is 1.88. The van der Waals surface area contributed by atoms with Gasteiger partial charge in [-0.25, -0.2) is 0 Å². The van der Waals surface area contributed by atoms with Crippen LogP contribution in [-0.4, -0.2) is 7.11 Å². The van der Waals surface area contributed by atoms with E-state index >= 15 is 0 Å². The van der Waals surface area contributed by atoms with Crippen molar-refractivity contribution in [3.63, 3.8) is 0 Å². The second-order valence-electron chi connectivity index (χ2n) is 2.64. The van der Waals surface area contributed by atoms with Crippen LogP contribution in [0.2, 0.25) is 0 Å². The first-order valence-corrected chi connectivity index (χ1v) is 3.87. The topological polar surface area (TPSA) is 9.23 Å². The highest BCUT2D eigenvalue weighted by Crippen LogP contribution is 2.19. The molecule has 0 N–H and O–H groups in total. The molecule has 63 valence electrons. The van der Waals surface area contributed by atoms with Gasteiger partial charge in [0, 0.05) is 0 Å². The van der Waals surface area contributed by atoms with E-state index in [1.54, 1.807) is 7.11 Å². The van der Waals surface area contributed by atoms with Crippen molar-refractivity contribution in [3.05, 3.63) is 48.9 Å². The Labute approximate surface area is 73.7 Å². The van der Waals surface area contributed by atoms with Crippen molar-refractivity contribution >= 4 is 0 Å². The highest BCUT2D eigenvalue weighted by atomic mass is 16.5. The molecule has 0 saturated heterocycles. The Morgan fingerprint density at radius 2 is 2.25 bits per heavy atom. The normalized spacial score (nSPS) is 9.50. The quantitative estimate of drug-likeness (QED) is 0.619. The van der Waals surface area contributed by atoms with E-state index < -0.39 is 0 Å². The van der Waals surface area contributed by atoms with E-state index in [0.29, 0.717) is 0 Å². The average molecular weight is 161 g/mol. The fourth-order valence-corrected chi connectivity index (χ4v) is 1.08. The van der Waals surface area contributed by atoms with Crippen LogP contribution in [0.5, 0.6) is 5.75 Å². The third-order valence-electron chi connectivity index (χ3n) is 1.73. The monoisotopic (exact) mass is 161 g/mol. The van der Waals surface area contributed by atoms with Crippen molar-refractivity contribution in [3.8, 4) is 5.75 Å². The zero-order valence-electron chi connectivity index (χ0n) is 7.34. The number of allylic oxidation sites excluding steroid dienone is 1. The Balaban J connectivity index is 2.96. The van der Waals surface area contributed by atoms with Gasteiger partial charge in [-0.05, 0) is 30.5 Å². The molecule has 0 aromatic heterocycles. The van der Waals surface area contributed by atoms with Gasteiger partial charge in [0.05, 0.1) is 7.11 Å². The molecule has 12 heavy (non-hydrogen) atoms. The van der Waals surface area contributed by atoms with Crippen LogP contribution in [0.4, 0.5) is 0 Å². The summed E-state index contributed by atoms with van der Waals surface area (Å²) in [5.41, 5.74) is 2.12. The minimum absolute atomic E-state index is 0.842. The third-order valence-corrected chi connectivity index (χ3v) is 1.73. The van der Waals surface area contributed by atoms with E-state index in [1.807, 2.05) is 24.3 Å². The van der Waals surface area contributed by atoms with Crippen molar-refractivity contribution in [1.82, 2.24) is 0 Å². The molecule has 0 amide bonds. The first-order valence-electron chi connectivity index (χ1n) is 3.87. The molecule has 1 heteroatoms. The van der Waals surface area contributed by atoms with Gasteiger partial charge in [-0.3, -0.25) is 0 Å². The maximum atomic E-state index is 5.14. The van der Waals surface area contributed by atoms with Crippen molar-refractivity contribution in [1.29, 1.82) is 0 Å². The van der Waals surface area contributed by atoms with Gasteiger partial charge in [0.1, 0.15) is 5.75 Å². The molecule has 1 radical (unpaired) electrons. The maximum absolute atomic E-state index is 5.14. The molecular weight excluding hydrogens is 148 g/mol. The molecule has 1 aromatic rings. The first-order chi connectivity index (χ1) is 5.77. The van der Waals surface area contributed by atoms with E-state index in [0.717, 1.165) is 17.7 Å². The van der Waals surface area contributed by atoms with Gasteiger partial charge in [0.15, 0.2) is 0 Å². The summed E-state index contributed by atoms with van der Waals surface area (Å²) in [7, 11) is 1.65. The zero-order valence-corrected chi connectivity index (χ0v) is 7.34. The molecule has 0 aliphatic rings. The van der Waals surface area contributed by atoms with Crippen LogP contribution in [0.1, 0.15) is 11.1 Å². The summed E-state index contributed by atoms with van der Waals surface area (Å²) >= 11 is 0. The predicted octanol–water partition coefficient (Wildman–Crippen LogP) is 2.61. The number of ether oxygens (including phenoxy) is 1. The fraction of sp³-hybridized carbons (Fsp3) is 0.182. The minimum Gasteiger partial charge on any atom is -0.496 e. The van der Waals surface area contributed by atoms with Crippen LogP contribution < -0.4 is 4.74 Å². The highest BCUT2D eigenvalue weighted by molar-refractivity contribution is 5.39. The minimum atomic E-state index is 0.842. The van der Waals surface area contributed by atoms with Crippen LogP contribution in [0.25, 0.3) is 0 Å². The van der Waals surface area contributed by atoms with Crippen LogP contribution in [-0.2, 0) is 6.42 Å². The molecule has 0 heterocycles. The molecule has 0 spiro atoms. The Bertz CT molecular complexity index is 276. The maximum Gasteiger partial charge on any atom is 0.122 e. The van der Waals surface area contributed by atoms with Gasteiger partial charge in [0.25, 0.3) is 0 Å². The summed E-state index contributed by atoms with van der Waals surface area (Å²) in [5, 5.41) is 0. The molecule has 0 atom stereocenters. The molecule has 0 fully saturated rings. The molecule has 0 bridgehead atoms. The van der Waals surface area contributed by atoms with Gasteiger partial charge in [-0.15, -0.1) is 6.58 Å². The number of methoxy groups -OCH3 is 1. The summed E-state index contributed by atoms with van der Waals surface area (Å²) in [6.45, 7) is 7.52. The Morgan fingerprint density at radius 1 is 1.50 bits per heavy atom. The van der Waals surface area contributed by atoms with Crippen LogP contribution in [0.15, 0.2) is 30.9 Å².